The molecule has 4 nitrogen and oxygen atoms in total. The summed E-state index contributed by atoms with van der Waals surface area (Å²) in [4.78, 5) is 21.9. The van der Waals surface area contributed by atoms with Crippen molar-refractivity contribution in [2.24, 2.45) is 0 Å². The number of hydrogen-bond donors (Lipinski definition) is 1. The monoisotopic (exact) mass is 202 g/mol. The summed E-state index contributed by atoms with van der Waals surface area (Å²) in [6, 6.07) is 8.60. The van der Waals surface area contributed by atoms with E-state index >= 15 is 0 Å². The van der Waals surface area contributed by atoms with Crippen LogP contribution in [0.2, 0.25) is 0 Å². The van der Waals surface area contributed by atoms with Gasteiger partial charge in [0.15, 0.2) is 0 Å². The Morgan fingerprint density at radius 3 is 2.67 bits per heavy atom. The minimum atomic E-state index is -0.398. The van der Waals surface area contributed by atoms with Gasteiger partial charge >= 0.3 is 0 Å². The van der Waals surface area contributed by atoms with E-state index in [0.29, 0.717) is 11.3 Å². The number of anilines is 1. The predicted molar refractivity (Wildman–Crippen MR) is 55.1 cm³/mol. The van der Waals surface area contributed by atoms with Gasteiger partial charge in [-0.1, -0.05) is 12.1 Å². The fourth-order valence-electron chi connectivity index (χ4n) is 1.11. The fourth-order valence-corrected chi connectivity index (χ4v) is 1.11. The molecular formula is C11H10N2O2. The topological polar surface area (TPSA) is 70.0 Å². The van der Waals surface area contributed by atoms with Gasteiger partial charge in [0.25, 0.3) is 0 Å². The molecule has 0 radical (unpaired) electrons. The number of nitriles is 1. The molecule has 0 spiro atoms. The molecule has 1 N–H and O–H groups in total. The Hall–Kier alpha value is -2.15. The van der Waals surface area contributed by atoms with Crippen LogP contribution in [0.1, 0.15) is 18.9 Å². The van der Waals surface area contributed by atoms with Crippen molar-refractivity contribution in [3.63, 3.8) is 0 Å². The minimum absolute atomic E-state index is 0.167. The van der Waals surface area contributed by atoms with Crippen molar-refractivity contribution in [2.75, 3.05) is 5.32 Å². The molecule has 0 bridgehead atoms. The lowest BCUT2D eigenvalue weighted by molar-refractivity contribution is -0.124. The van der Waals surface area contributed by atoms with Crippen molar-refractivity contribution in [3.05, 3.63) is 29.8 Å². The van der Waals surface area contributed by atoms with Crippen molar-refractivity contribution >= 4 is 17.4 Å². The number of benzene rings is 1. The summed E-state index contributed by atoms with van der Waals surface area (Å²) >= 11 is 0. The average Bonchev–Trinajstić information content (AvgIpc) is 2.17. The van der Waals surface area contributed by atoms with Gasteiger partial charge < -0.3 is 5.32 Å². The molecule has 1 amide bonds. The maximum Gasteiger partial charge on any atom is 0.231 e. The van der Waals surface area contributed by atoms with Gasteiger partial charge in [0.05, 0.1) is 17.7 Å². The number of hydrogen-bond acceptors (Lipinski definition) is 3. The zero-order valence-electron chi connectivity index (χ0n) is 8.28. The third-order valence-electron chi connectivity index (χ3n) is 1.73. The van der Waals surface area contributed by atoms with Crippen LogP contribution in [0, 0.1) is 11.3 Å². The van der Waals surface area contributed by atoms with E-state index in [2.05, 4.69) is 5.32 Å². The van der Waals surface area contributed by atoms with Crippen LogP contribution >= 0.6 is 0 Å². The molecule has 0 aliphatic heterocycles. The Kier molecular flexibility index (Phi) is 3.58. The second-order valence-electron chi connectivity index (χ2n) is 3.08. The number of Topliss-reactive ketones (excluding diaryl/α,β-unsaturated/α-hetero) is 1. The van der Waals surface area contributed by atoms with Gasteiger partial charge in [-0.05, 0) is 19.1 Å². The Morgan fingerprint density at radius 2 is 2.07 bits per heavy atom. The van der Waals surface area contributed by atoms with E-state index in [1.54, 1.807) is 24.3 Å². The highest BCUT2D eigenvalue weighted by molar-refractivity contribution is 6.03. The number of rotatable bonds is 3. The molecule has 0 aliphatic rings. The molecule has 0 saturated heterocycles. The quantitative estimate of drug-likeness (QED) is 0.754. The summed E-state index contributed by atoms with van der Waals surface area (Å²) in [7, 11) is 0. The summed E-state index contributed by atoms with van der Waals surface area (Å²) in [5.41, 5.74) is 0.820. The summed E-state index contributed by atoms with van der Waals surface area (Å²) in [5, 5.41) is 11.3. The van der Waals surface area contributed by atoms with E-state index in [-0.39, 0.29) is 12.2 Å². The normalized spacial score (nSPS) is 9.07. The van der Waals surface area contributed by atoms with E-state index in [0.717, 1.165) is 0 Å². The average molecular weight is 202 g/mol. The first-order chi connectivity index (χ1) is 7.13. The van der Waals surface area contributed by atoms with Gasteiger partial charge in [0, 0.05) is 0 Å². The van der Waals surface area contributed by atoms with Gasteiger partial charge in [0.2, 0.25) is 5.91 Å². The van der Waals surface area contributed by atoms with E-state index in [1.165, 1.54) is 6.92 Å². The Balaban J connectivity index is 2.77. The molecule has 4 heteroatoms. The Morgan fingerprint density at radius 1 is 1.40 bits per heavy atom. The first-order valence-electron chi connectivity index (χ1n) is 4.42. The zero-order valence-corrected chi connectivity index (χ0v) is 8.28. The van der Waals surface area contributed by atoms with Crippen LogP contribution < -0.4 is 5.32 Å². The maximum absolute atomic E-state index is 11.2. The molecular weight excluding hydrogens is 192 g/mol. The highest BCUT2D eigenvalue weighted by Gasteiger charge is 2.07. The predicted octanol–water partition coefficient (Wildman–Crippen LogP) is 1.48. The lowest BCUT2D eigenvalue weighted by Crippen LogP contribution is -2.15. The van der Waals surface area contributed by atoms with Crippen molar-refractivity contribution in [1.29, 1.82) is 5.26 Å². The highest BCUT2D eigenvalue weighted by atomic mass is 16.2. The highest BCUT2D eigenvalue weighted by Crippen LogP contribution is 2.13. The fraction of sp³-hybridized carbons (Fsp3) is 0.182. The second kappa shape index (κ2) is 4.91. The van der Waals surface area contributed by atoms with E-state index in [9.17, 15) is 9.59 Å². The Labute approximate surface area is 87.5 Å². The molecule has 0 unspecified atom stereocenters. The van der Waals surface area contributed by atoms with Crippen LogP contribution in [0.3, 0.4) is 0 Å². The lowest BCUT2D eigenvalue weighted by Gasteiger charge is -2.04. The zero-order chi connectivity index (χ0) is 11.3. The van der Waals surface area contributed by atoms with Crippen LogP contribution in [0.4, 0.5) is 5.69 Å². The van der Waals surface area contributed by atoms with Crippen LogP contribution in [-0.2, 0) is 9.59 Å². The number of nitrogens with zero attached hydrogens (tertiary/aromatic N) is 1. The van der Waals surface area contributed by atoms with Crippen molar-refractivity contribution < 1.29 is 9.59 Å². The molecule has 76 valence electrons. The number of nitrogens with one attached hydrogen (secondary N) is 1. The largest absolute Gasteiger partial charge is 0.325 e. The van der Waals surface area contributed by atoms with Crippen LogP contribution in [0.15, 0.2) is 24.3 Å². The third-order valence-corrected chi connectivity index (χ3v) is 1.73. The lowest BCUT2D eigenvalue weighted by atomic mass is 10.2. The SMILES string of the molecule is CC(=O)CC(=O)Nc1ccccc1C#N. The third kappa shape index (κ3) is 3.24. The van der Waals surface area contributed by atoms with Gasteiger partial charge in [-0.2, -0.15) is 5.26 Å². The number of para-hydroxylation sites is 1. The number of ketones is 1. The Bertz CT molecular complexity index is 432. The van der Waals surface area contributed by atoms with E-state index in [4.69, 9.17) is 5.26 Å². The summed E-state index contributed by atoms with van der Waals surface area (Å²) in [5.74, 6) is -0.605. The first kappa shape index (κ1) is 10.9. The molecule has 15 heavy (non-hydrogen) atoms. The summed E-state index contributed by atoms with van der Waals surface area (Å²) < 4.78 is 0. The van der Waals surface area contributed by atoms with Gasteiger partial charge in [-0.3, -0.25) is 9.59 Å². The van der Waals surface area contributed by atoms with E-state index < -0.39 is 5.91 Å². The molecule has 0 aromatic heterocycles. The van der Waals surface area contributed by atoms with Crippen molar-refractivity contribution in [3.8, 4) is 6.07 Å². The molecule has 1 rings (SSSR count). The van der Waals surface area contributed by atoms with Crippen molar-refractivity contribution in [1.82, 2.24) is 0 Å². The minimum Gasteiger partial charge on any atom is -0.325 e. The smallest absolute Gasteiger partial charge is 0.231 e. The van der Waals surface area contributed by atoms with Crippen molar-refractivity contribution in [2.45, 2.75) is 13.3 Å². The van der Waals surface area contributed by atoms with Gasteiger partial charge in [-0.25, -0.2) is 0 Å². The standard InChI is InChI=1S/C11H10N2O2/c1-8(14)6-11(15)13-10-5-3-2-4-9(10)7-12/h2-5H,6H2,1H3,(H,13,15). The maximum atomic E-state index is 11.2. The molecule has 0 saturated carbocycles. The van der Waals surface area contributed by atoms with E-state index in [1.807, 2.05) is 6.07 Å². The van der Waals surface area contributed by atoms with Crippen LogP contribution in [-0.4, -0.2) is 11.7 Å². The molecule has 0 atom stereocenters. The summed E-state index contributed by atoms with van der Waals surface area (Å²) in [6.45, 7) is 1.34. The van der Waals surface area contributed by atoms with Crippen LogP contribution in [0.25, 0.3) is 0 Å². The molecule has 1 aromatic rings. The second-order valence-corrected chi connectivity index (χ2v) is 3.08. The number of carbonyl (C=O) groups excluding carboxylic acids is 2. The van der Waals surface area contributed by atoms with Crippen LogP contribution in [0.5, 0.6) is 0 Å². The number of amides is 1. The van der Waals surface area contributed by atoms with Gasteiger partial charge in [0.1, 0.15) is 11.9 Å². The number of carbonyl (C=O) groups is 2. The molecule has 0 heterocycles. The molecule has 1 aromatic carbocycles. The van der Waals surface area contributed by atoms with Gasteiger partial charge in [-0.15, -0.1) is 0 Å². The molecule has 0 aliphatic carbocycles. The summed E-state index contributed by atoms with van der Waals surface area (Å²) in [6.07, 6.45) is -0.167. The molecule has 0 fully saturated rings. The first-order valence-corrected chi connectivity index (χ1v) is 4.42.